The van der Waals surface area contributed by atoms with Gasteiger partial charge in [-0.3, -0.25) is 0 Å². The summed E-state index contributed by atoms with van der Waals surface area (Å²) in [6, 6.07) is 9.32. The molecule has 1 aliphatic rings. The average Bonchev–Trinajstić information content (AvgIpc) is 2.80. The summed E-state index contributed by atoms with van der Waals surface area (Å²) >= 11 is 0. The van der Waals surface area contributed by atoms with Crippen LogP contribution < -0.4 is 11.1 Å². The standard InChI is InChI=1S/C14H22N2/c1-11(15)5-6-12-3-2-4-13(9-12)14-7-8-16-10-14/h2-4,9,11,14,16H,5-8,10,15H2,1H3. The Bertz CT molecular complexity index is 327. The smallest absolute Gasteiger partial charge is 0.00206 e. The van der Waals surface area contributed by atoms with Crippen LogP contribution in [0.15, 0.2) is 24.3 Å². The molecule has 1 saturated heterocycles. The van der Waals surface area contributed by atoms with Crippen LogP contribution in [0.2, 0.25) is 0 Å². The molecule has 88 valence electrons. The second kappa shape index (κ2) is 5.46. The van der Waals surface area contributed by atoms with Crippen molar-refractivity contribution >= 4 is 0 Å². The molecule has 0 aliphatic carbocycles. The molecular weight excluding hydrogens is 196 g/mol. The van der Waals surface area contributed by atoms with Crippen molar-refractivity contribution < 1.29 is 0 Å². The highest BCUT2D eigenvalue weighted by Crippen LogP contribution is 2.23. The SMILES string of the molecule is CC(N)CCc1cccc(C2CCNC2)c1. The molecular formula is C14H22N2. The third-order valence-electron chi connectivity index (χ3n) is 3.37. The quantitative estimate of drug-likeness (QED) is 0.811. The third kappa shape index (κ3) is 3.06. The van der Waals surface area contributed by atoms with Crippen LogP contribution in [0.3, 0.4) is 0 Å². The highest BCUT2D eigenvalue weighted by molar-refractivity contribution is 5.27. The van der Waals surface area contributed by atoms with Crippen LogP contribution in [-0.4, -0.2) is 19.1 Å². The molecule has 0 aromatic heterocycles. The lowest BCUT2D eigenvalue weighted by Crippen LogP contribution is -2.15. The van der Waals surface area contributed by atoms with E-state index in [0.717, 1.165) is 31.8 Å². The lowest BCUT2D eigenvalue weighted by Gasteiger charge is -2.11. The van der Waals surface area contributed by atoms with Gasteiger partial charge in [0.15, 0.2) is 0 Å². The molecule has 2 atom stereocenters. The van der Waals surface area contributed by atoms with Crippen molar-refractivity contribution in [3.63, 3.8) is 0 Å². The summed E-state index contributed by atoms with van der Waals surface area (Å²) in [6.45, 7) is 4.37. The Kier molecular flexibility index (Phi) is 3.97. The Morgan fingerprint density at radius 3 is 3.06 bits per heavy atom. The molecule has 1 aliphatic heterocycles. The van der Waals surface area contributed by atoms with E-state index >= 15 is 0 Å². The minimum Gasteiger partial charge on any atom is -0.328 e. The van der Waals surface area contributed by atoms with Gasteiger partial charge < -0.3 is 11.1 Å². The van der Waals surface area contributed by atoms with Crippen molar-refractivity contribution in [2.24, 2.45) is 5.73 Å². The zero-order valence-electron chi connectivity index (χ0n) is 10.1. The Morgan fingerprint density at radius 2 is 2.38 bits per heavy atom. The third-order valence-corrected chi connectivity index (χ3v) is 3.37. The molecule has 0 amide bonds. The Balaban J connectivity index is 2.01. The summed E-state index contributed by atoms with van der Waals surface area (Å²) in [5.74, 6) is 0.718. The second-order valence-electron chi connectivity index (χ2n) is 4.95. The summed E-state index contributed by atoms with van der Waals surface area (Å²) in [6.07, 6.45) is 3.45. The molecule has 1 heterocycles. The van der Waals surface area contributed by atoms with Gasteiger partial charge in [0.2, 0.25) is 0 Å². The first-order valence-corrected chi connectivity index (χ1v) is 6.31. The molecule has 1 aromatic carbocycles. The minimum absolute atomic E-state index is 0.303. The van der Waals surface area contributed by atoms with Crippen LogP contribution in [0.5, 0.6) is 0 Å². The molecule has 3 N–H and O–H groups in total. The molecule has 2 rings (SSSR count). The van der Waals surface area contributed by atoms with Crippen LogP contribution in [-0.2, 0) is 6.42 Å². The predicted octanol–water partition coefficient (Wildman–Crippen LogP) is 2.04. The fourth-order valence-electron chi connectivity index (χ4n) is 2.34. The maximum absolute atomic E-state index is 5.79. The maximum atomic E-state index is 5.79. The normalized spacial score (nSPS) is 22.2. The summed E-state index contributed by atoms with van der Waals surface area (Å²) in [4.78, 5) is 0. The van der Waals surface area contributed by atoms with Crippen molar-refractivity contribution in [1.29, 1.82) is 0 Å². The first-order valence-electron chi connectivity index (χ1n) is 6.31. The molecule has 1 aromatic rings. The van der Waals surface area contributed by atoms with Gasteiger partial charge >= 0.3 is 0 Å². The summed E-state index contributed by atoms with van der Waals surface area (Å²) in [5, 5.41) is 3.42. The lowest BCUT2D eigenvalue weighted by molar-refractivity contribution is 0.664. The zero-order chi connectivity index (χ0) is 11.4. The van der Waals surface area contributed by atoms with Gasteiger partial charge in [0, 0.05) is 12.6 Å². The van der Waals surface area contributed by atoms with E-state index in [1.165, 1.54) is 17.5 Å². The van der Waals surface area contributed by atoms with Crippen molar-refractivity contribution in [1.82, 2.24) is 5.32 Å². The van der Waals surface area contributed by atoms with Crippen molar-refractivity contribution in [3.05, 3.63) is 35.4 Å². The zero-order valence-corrected chi connectivity index (χ0v) is 10.1. The molecule has 2 unspecified atom stereocenters. The summed E-state index contributed by atoms with van der Waals surface area (Å²) in [7, 11) is 0. The monoisotopic (exact) mass is 218 g/mol. The molecule has 2 heteroatoms. The van der Waals surface area contributed by atoms with Crippen LogP contribution in [0.4, 0.5) is 0 Å². The number of rotatable bonds is 4. The van der Waals surface area contributed by atoms with Crippen LogP contribution in [0.1, 0.15) is 36.8 Å². The van der Waals surface area contributed by atoms with Gasteiger partial charge in [-0.2, -0.15) is 0 Å². The molecule has 2 nitrogen and oxygen atoms in total. The molecule has 1 fully saturated rings. The van der Waals surface area contributed by atoms with Crippen LogP contribution >= 0.6 is 0 Å². The predicted molar refractivity (Wildman–Crippen MR) is 68.6 cm³/mol. The largest absolute Gasteiger partial charge is 0.328 e. The minimum atomic E-state index is 0.303. The van der Waals surface area contributed by atoms with Gasteiger partial charge in [0.1, 0.15) is 0 Å². The summed E-state index contributed by atoms with van der Waals surface area (Å²) in [5.41, 5.74) is 8.72. The highest BCUT2D eigenvalue weighted by atomic mass is 14.9. The van der Waals surface area contributed by atoms with Gasteiger partial charge in [-0.25, -0.2) is 0 Å². The number of benzene rings is 1. The maximum Gasteiger partial charge on any atom is 0.00206 e. The topological polar surface area (TPSA) is 38.0 Å². The Labute approximate surface area is 98.2 Å². The molecule has 0 radical (unpaired) electrons. The average molecular weight is 218 g/mol. The van der Waals surface area contributed by atoms with Gasteiger partial charge in [-0.05, 0) is 49.8 Å². The van der Waals surface area contributed by atoms with E-state index in [1.54, 1.807) is 0 Å². The number of aryl methyl sites for hydroxylation is 1. The van der Waals surface area contributed by atoms with E-state index in [0.29, 0.717) is 6.04 Å². The number of nitrogens with one attached hydrogen (secondary N) is 1. The molecule has 0 saturated carbocycles. The van der Waals surface area contributed by atoms with E-state index in [2.05, 4.69) is 36.5 Å². The van der Waals surface area contributed by atoms with E-state index in [4.69, 9.17) is 5.73 Å². The number of hydrogen-bond acceptors (Lipinski definition) is 2. The number of nitrogens with two attached hydrogens (primary N) is 1. The fourth-order valence-corrected chi connectivity index (χ4v) is 2.34. The van der Waals surface area contributed by atoms with Gasteiger partial charge in [-0.15, -0.1) is 0 Å². The van der Waals surface area contributed by atoms with E-state index in [-0.39, 0.29) is 0 Å². The molecule has 16 heavy (non-hydrogen) atoms. The van der Waals surface area contributed by atoms with Crippen molar-refractivity contribution in [2.45, 2.75) is 38.1 Å². The van der Waals surface area contributed by atoms with E-state index in [9.17, 15) is 0 Å². The van der Waals surface area contributed by atoms with Gasteiger partial charge in [0.05, 0.1) is 0 Å². The summed E-state index contributed by atoms with van der Waals surface area (Å²) < 4.78 is 0. The second-order valence-corrected chi connectivity index (χ2v) is 4.95. The van der Waals surface area contributed by atoms with Gasteiger partial charge in [0.25, 0.3) is 0 Å². The van der Waals surface area contributed by atoms with Gasteiger partial charge in [-0.1, -0.05) is 24.3 Å². The molecule has 0 spiro atoms. The fraction of sp³-hybridized carbons (Fsp3) is 0.571. The first kappa shape index (κ1) is 11.6. The van der Waals surface area contributed by atoms with Crippen LogP contribution in [0, 0.1) is 0 Å². The van der Waals surface area contributed by atoms with E-state index < -0.39 is 0 Å². The lowest BCUT2D eigenvalue weighted by atomic mass is 9.95. The number of hydrogen-bond donors (Lipinski definition) is 2. The highest BCUT2D eigenvalue weighted by Gasteiger charge is 2.16. The Hall–Kier alpha value is -0.860. The van der Waals surface area contributed by atoms with Crippen LogP contribution in [0.25, 0.3) is 0 Å². The first-order chi connectivity index (χ1) is 7.75. The van der Waals surface area contributed by atoms with Crippen molar-refractivity contribution in [2.75, 3.05) is 13.1 Å². The molecule has 0 bridgehead atoms. The van der Waals surface area contributed by atoms with Crippen molar-refractivity contribution in [3.8, 4) is 0 Å². The Morgan fingerprint density at radius 1 is 1.50 bits per heavy atom. The van der Waals surface area contributed by atoms with E-state index in [1.807, 2.05) is 0 Å².